The molecule has 5 nitrogen and oxygen atoms in total. The van der Waals surface area contributed by atoms with E-state index in [0.29, 0.717) is 11.7 Å². The minimum atomic E-state index is -0.291. The Hall–Kier alpha value is -3.51. The van der Waals surface area contributed by atoms with Crippen molar-refractivity contribution in [3.05, 3.63) is 89.5 Å². The Kier molecular flexibility index (Phi) is 5.68. The Morgan fingerprint density at radius 2 is 1.76 bits per heavy atom. The third-order valence-corrected chi connectivity index (χ3v) is 7.29. The molecular formula is C27H25N3O2S. The fourth-order valence-corrected chi connectivity index (χ4v) is 5.62. The summed E-state index contributed by atoms with van der Waals surface area (Å²) in [6.07, 6.45) is 1.00. The van der Waals surface area contributed by atoms with Crippen molar-refractivity contribution in [2.75, 3.05) is 11.4 Å². The van der Waals surface area contributed by atoms with E-state index in [1.54, 1.807) is 11.8 Å². The van der Waals surface area contributed by atoms with Crippen LogP contribution in [0.25, 0.3) is 10.2 Å². The summed E-state index contributed by atoms with van der Waals surface area (Å²) in [5.41, 5.74) is 4.95. The third kappa shape index (κ3) is 4.02. The molecule has 0 saturated carbocycles. The predicted octanol–water partition coefficient (Wildman–Crippen LogP) is 5.81. The Morgan fingerprint density at radius 3 is 2.55 bits per heavy atom. The number of rotatable bonds is 4. The molecule has 0 fully saturated rings. The second-order valence-electron chi connectivity index (χ2n) is 8.36. The van der Waals surface area contributed by atoms with Crippen LogP contribution in [0.3, 0.4) is 0 Å². The molecule has 0 N–H and O–H groups in total. The van der Waals surface area contributed by atoms with Gasteiger partial charge in [-0.25, -0.2) is 4.98 Å². The minimum absolute atomic E-state index is 0.00951. The number of hydrogen-bond donors (Lipinski definition) is 0. The maximum Gasteiger partial charge on any atom is 0.235 e. The quantitative estimate of drug-likeness (QED) is 0.390. The largest absolute Gasteiger partial charge is 0.335 e. The van der Waals surface area contributed by atoms with Gasteiger partial charge < -0.3 is 4.90 Å². The second-order valence-corrected chi connectivity index (χ2v) is 9.37. The highest BCUT2D eigenvalue weighted by molar-refractivity contribution is 7.22. The third-order valence-electron chi connectivity index (χ3n) is 6.26. The molecule has 0 bridgehead atoms. The van der Waals surface area contributed by atoms with Crippen LogP contribution in [0.2, 0.25) is 0 Å². The molecule has 0 spiro atoms. The monoisotopic (exact) mass is 455 g/mol. The molecule has 1 aromatic heterocycles. The molecule has 3 aromatic carbocycles. The molecule has 2 amide bonds. The molecule has 1 unspecified atom stereocenters. The van der Waals surface area contributed by atoms with Gasteiger partial charge in [-0.1, -0.05) is 65.9 Å². The number of nitrogens with zero attached hydrogens (tertiary/aromatic N) is 3. The number of para-hydroxylation sites is 2. The lowest BCUT2D eigenvalue weighted by atomic mass is 9.90. The molecular weight excluding hydrogens is 430 g/mol. The number of aromatic nitrogens is 1. The van der Waals surface area contributed by atoms with Crippen molar-refractivity contribution in [1.29, 1.82) is 0 Å². The number of carbonyl (C=O) groups excluding carboxylic acids is 2. The van der Waals surface area contributed by atoms with E-state index in [2.05, 4.69) is 6.07 Å². The van der Waals surface area contributed by atoms with Gasteiger partial charge in [0.05, 0.1) is 28.4 Å². The molecule has 0 saturated heterocycles. The highest BCUT2D eigenvalue weighted by Gasteiger charge is 2.33. The summed E-state index contributed by atoms with van der Waals surface area (Å²) < 4.78 is 1.03. The lowest BCUT2D eigenvalue weighted by Crippen LogP contribution is -2.41. The van der Waals surface area contributed by atoms with Crippen molar-refractivity contribution < 1.29 is 9.59 Å². The van der Waals surface area contributed by atoms with Gasteiger partial charge in [-0.15, -0.1) is 0 Å². The van der Waals surface area contributed by atoms with Crippen molar-refractivity contribution in [3.8, 4) is 0 Å². The van der Waals surface area contributed by atoms with Crippen LogP contribution >= 0.6 is 11.3 Å². The molecule has 5 rings (SSSR count). The Balaban J connectivity index is 1.57. The predicted molar refractivity (Wildman–Crippen MR) is 133 cm³/mol. The number of aryl methyl sites for hydroxylation is 1. The molecule has 1 atom stereocenters. The number of amides is 2. The van der Waals surface area contributed by atoms with Crippen LogP contribution in [0.5, 0.6) is 0 Å². The maximum atomic E-state index is 14.0. The van der Waals surface area contributed by atoms with E-state index in [4.69, 9.17) is 4.98 Å². The van der Waals surface area contributed by atoms with Gasteiger partial charge in [-0.2, -0.15) is 0 Å². The first kappa shape index (κ1) is 21.3. The Bertz CT molecular complexity index is 1310. The van der Waals surface area contributed by atoms with Gasteiger partial charge in [0.25, 0.3) is 0 Å². The molecule has 6 heteroatoms. The van der Waals surface area contributed by atoms with Crippen molar-refractivity contribution in [2.24, 2.45) is 0 Å². The van der Waals surface area contributed by atoms with E-state index >= 15 is 0 Å². The van der Waals surface area contributed by atoms with Gasteiger partial charge in [0.15, 0.2) is 5.13 Å². The number of thiazole rings is 1. The van der Waals surface area contributed by atoms with Crippen LogP contribution in [-0.4, -0.2) is 28.2 Å². The summed E-state index contributed by atoms with van der Waals surface area (Å²) in [6, 6.07) is 23.6. The molecule has 2 heterocycles. The molecule has 1 aliphatic heterocycles. The van der Waals surface area contributed by atoms with Crippen LogP contribution in [0.4, 0.5) is 10.8 Å². The van der Waals surface area contributed by atoms with Crippen molar-refractivity contribution in [3.63, 3.8) is 0 Å². The van der Waals surface area contributed by atoms with Gasteiger partial charge in [-0.3, -0.25) is 14.5 Å². The van der Waals surface area contributed by atoms with Gasteiger partial charge in [-0.05, 0) is 48.2 Å². The SMILES string of the molecule is CC(=O)N1CCc2ccccc2C1CC(=O)N(c1nc2ccccc2s1)c1ccccc1C. The molecule has 4 aromatic rings. The first-order valence-electron chi connectivity index (χ1n) is 11.1. The summed E-state index contributed by atoms with van der Waals surface area (Å²) in [4.78, 5) is 34.8. The molecule has 166 valence electrons. The van der Waals surface area contributed by atoms with Crippen LogP contribution < -0.4 is 4.90 Å². The van der Waals surface area contributed by atoms with Crippen LogP contribution in [0.1, 0.15) is 36.1 Å². The van der Waals surface area contributed by atoms with Gasteiger partial charge in [0.1, 0.15) is 0 Å². The normalized spacial score (nSPS) is 15.3. The van der Waals surface area contributed by atoms with E-state index in [-0.39, 0.29) is 24.3 Å². The van der Waals surface area contributed by atoms with Crippen molar-refractivity contribution >= 4 is 44.2 Å². The first-order chi connectivity index (χ1) is 16.0. The Morgan fingerprint density at radius 1 is 1.03 bits per heavy atom. The molecule has 0 aliphatic carbocycles. The fraction of sp³-hybridized carbons (Fsp3) is 0.222. The summed E-state index contributed by atoms with van der Waals surface area (Å²) in [5, 5.41) is 0.647. The number of hydrogen-bond acceptors (Lipinski definition) is 4. The van der Waals surface area contributed by atoms with Gasteiger partial charge >= 0.3 is 0 Å². The minimum Gasteiger partial charge on any atom is -0.335 e. The maximum absolute atomic E-state index is 14.0. The van der Waals surface area contributed by atoms with Crippen LogP contribution in [-0.2, 0) is 16.0 Å². The van der Waals surface area contributed by atoms with Crippen LogP contribution in [0.15, 0.2) is 72.8 Å². The molecule has 1 aliphatic rings. The van der Waals surface area contributed by atoms with Gasteiger partial charge in [0.2, 0.25) is 11.8 Å². The Labute approximate surface area is 197 Å². The van der Waals surface area contributed by atoms with E-state index in [0.717, 1.165) is 33.5 Å². The standard InChI is InChI=1S/C27H25N3O2S/c1-18-9-3-7-13-23(18)30(27-28-22-12-6-8-14-25(22)33-27)26(32)17-24-21-11-5-4-10-20(21)15-16-29(24)19(2)31/h3-14,24H,15-17H2,1-2H3. The zero-order valence-corrected chi connectivity index (χ0v) is 19.5. The average Bonchev–Trinajstić information content (AvgIpc) is 3.24. The fourth-order valence-electron chi connectivity index (χ4n) is 4.62. The van der Waals surface area contributed by atoms with E-state index in [1.165, 1.54) is 16.9 Å². The lowest BCUT2D eigenvalue weighted by molar-refractivity contribution is -0.132. The van der Waals surface area contributed by atoms with E-state index in [9.17, 15) is 9.59 Å². The number of anilines is 2. The zero-order chi connectivity index (χ0) is 22.9. The van der Waals surface area contributed by atoms with E-state index in [1.807, 2.05) is 78.6 Å². The number of benzene rings is 3. The number of carbonyl (C=O) groups is 2. The van der Waals surface area contributed by atoms with Crippen LogP contribution in [0, 0.1) is 6.92 Å². The first-order valence-corrected chi connectivity index (χ1v) is 11.9. The average molecular weight is 456 g/mol. The lowest BCUT2D eigenvalue weighted by Gasteiger charge is -2.37. The molecule has 0 radical (unpaired) electrons. The van der Waals surface area contributed by atoms with E-state index < -0.39 is 0 Å². The molecule has 33 heavy (non-hydrogen) atoms. The van der Waals surface area contributed by atoms with Crippen molar-refractivity contribution in [2.45, 2.75) is 32.7 Å². The zero-order valence-electron chi connectivity index (χ0n) is 18.7. The second kappa shape index (κ2) is 8.79. The summed E-state index contributed by atoms with van der Waals surface area (Å²) in [7, 11) is 0. The van der Waals surface area contributed by atoms with Gasteiger partial charge in [0, 0.05) is 13.5 Å². The van der Waals surface area contributed by atoms with Crippen molar-refractivity contribution in [1.82, 2.24) is 9.88 Å². The summed E-state index contributed by atoms with van der Waals surface area (Å²) in [6.45, 7) is 4.20. The summed E-state index contributed by atoms with van der Waals surface area (Å²) >= 11 is 1.51. The highest BCUT2D eigenvalue weighted by atomic mass is 32.1. The summed E-state index contributed by atoms with van der Waals surface area (Å²) in [5.74, 6) is -0.0824. The number of fused-ring (bicyclic) bond motifs is 2. The smallest absolute Gasteiger partial charge is 0.235 e. The highest BCUT2D eigenvalue weighted by Crippen LogP contribution is 2.38. The topological polar surface area (TPSA) is 53.5 Å².